The first-order valence-corrected chi connectivity index (χ1v) is 4.30. The van der Waals surface area contributed by atoms with Crippen LogP contribution in [0.15, 0.2) is 0 Å². The summed E-state index contributed by atoms with van der Waals surface area (Å²) in [5, 5.41) is 9.48. The van der Waals surface area contributed by atoms with Gasteiger partial charge in [0, 0.05) is 0 Å². The Morgan fingerprint density at radius 2 is 1.80 bits per heavy atom. The topological polar surface area (TPSA) is 20.2 Å². The average molecular weight is 142 g/mol. The summed E-state index contributed by atoms with van der Waals surface area (Å²) >= 11 is 0. The van der Waals surface area contributed by atoms with E-state index >= 15 is 0 Å². The molecule has 0 spiro atoms. The largest absolute Gasteiger partial charge is 0.390 e. The molecule has 0 atom stereocenters. The van der Waals surface area contributed by atoms with Crippen LogP contribution in [0.3, 0.4) is 0 Å². The lowest BCUT2D eigenvalue weighted by Crippen LogP contribution is -2.21. The average Bonchev–Trinajstić information content (AvgIpc) is 2.12. The summed E-state index contributed by atoms with van der Waals surface area (Å²) < 4.78 is 0. The van der Waals surface area contributed by atoms with Crippen molar-refractivity contribution in [1.29, 1.82) is 0 Å². The Balaban J connectivity index is 2.24. The molecule has 0 aromatic carbocycles. The van der Waals surface area contributed by atoms with Crippen molar-refractivity contribution in [2.75, 3.05) is 0 Å². The van der Waals surface area contributed by atoms with E-state index in [4.69, 9.17) is 0 Å². The van der Waals surface area contributed by atoms with Crippen LogP contribution in [-0.4, -0.2) is 10.7 Å². The molecule has 1 rings (SSSR count). The Bertz CT molecular complexity index is 95.8. The smallest absolute Gasteiger partial charge is 0.0594 e. The van der Waals surface area contributed by atoms with Gasteiger partial charge >= 0.3 is 0 Å². The van der Waals surface area contributed by atoms with Gasteiger partial charge in [-0.05, 0) is 26.2 Å². The van der Waals surface area contributed by atoms with E-state index in [1.54, 1.807) is 0 Å². The van der Waals surface area contributed by atoms with E-state index in [-0.39, 0.29) is 0 Å². The van der Waals surface area contributed by atoms with E-state index in [9.17, 15) is 5.11 Å². The first kappa shape index (κ1) is 8.06. The lowest BCUT2D eigenvalue weighted by molar-refractivity contribution is 0.0535. The summed E-state index contributed by atoms with van der Waals surface area (Å²) in [6, 6.07) is 0. The molecular formula is C9H18O. The van der Waals surface area contributed by atoms with Gasteiger partial charge in [-0.2, -0.15) is 0 Å². The van der Waals surface area contributed by atoms with E-state index in [2.05, 4.69) is 0 Å². The molecule has 1 nitrogen and oxygen atoms in total. The molecule has 0 aromatic rings. The fourth-order valence-electron chi connectivity index (χ4n) is 1.92. The third-order valence-corrected chi connectivity index (χ3v) is 2.26. The Labute approximate surface area is 63.4 Å². The summed E-state index contributed by atoms with van der Waals surface area (Å²) in [5.74, 6) is 0.806. The zero-order valence-electron chi connectivity index (χ0n) is 7.06. The highest BCUT2D eigenvalue weighted by Crippen LogP contribution is 2.31. The molecule has 0 aliphatic heterocycles. The molecule has 0 aromatic heterocycles. The summed E-state index contributed by atoms with van der Waals surface area (Å²) in [4.78, 5) is 0. The zero-order valence-corrected chi connectivity index (χ0v) is 7.06. The molecule has 0 bridgehead atoms. The maximum Gasteiger partial charge on any atom is 0.0594 e. The molecular weight excluding hydrogens is 124 g/mol. The van der Waals surface area contributed by atoms with Gasteiger partial charge in [-0.3, -0.25) is 0 Å². The van der Waals surface area contributed by atoms with Gasteiger partial charge in [0.15, 0.2) is 0 Å². The Hall–Kier alpha value is -0.0400. The first-order chi connectivity index (χ1) is 4.58. The maximum absolute atomic E-state index is 9.48. The molecule has 1 N–H and O–H groups in total. The minimum atomic E-state index is -0.436. The third-order valence-electron chi connectivity index (χ3n) is 2.26. The summed E-state index contributed by atoms with van der Waals surface area (Å²) in [6.45, 7) is 3.82. The lowest BCUT2D eigenvalue weighted by Gasteiger charge is -2.21. The second kappa shape index (κ2) is 2.91. The highest BCUT2D eigenvalue weighted by Gasteiger charge is 2.22. The minimum absolute atomic E-state index is 0.436. The highest BCUT2D eigenvalue weighted by atomic mass is 16.3. The van der Waals surface area contributed by atoms with Gasteiger partial charge in [-0.15, -0.1) is 0 Å². The molecule has 0 amide bonds. The minimum Gasteiger partial charge on any atom is -0.390 e. The fourth-order valence-corrected chi connectivity index (χ4v) is 1.92. The van der Waals surface area contributed by atoms with E-state index < -0.39 is 5.60 Å². The zero-order chi connectivity index (χ0) is 7.61. The molecule has 60 valence electrons. The van der Waals surface area contributed by atoms with Crippen LogP contribution in [0.1, 0.15) is 46.0 Å². The molecule has 10 heavy (non-hydrogen) atoms. The molecule has 0 saturated heterocycles. The number of rotatable bonds is 2. The van der Waals surface area contributed by atoms with Crippen molar-refractivity contribution < 1.29 is 5.11 Å². The number of hydrogen-bond acceptors (Lipinski definition) is 1. The quantitative estimate of drug-likeness (QED) is 0.627. The van der Waals surface area contributed by atoms with Gasteiger partial charge < -0.3 is 5.11 Å². The van der Waals surface area contributed by atoms with Gasteiger partial charge in [-0.1, -0.05) is 25.7 Å². The predicted octanol–water partition coefficient (Wildman–Crippen LogP) is 2.34. The van der Waals surface area contributed by atoms with E-state index in [0.717, 1.165) is 12.3 Å². The molecule has 0 unspecified atom stereocenters. The number of aliphatic hydroxyl groups is 1. The molecule has 1 heteroatoms. The van der Waals surface area contributed by atoms with Crippen molar-refractivity contribution in [3.63, 3.8) is 0 Å². The second-order valence-electron chi connectivity index (χ2n) is 4.17. The monoisotopic (exact) mass is 142 g/mol. The summed E-state index contributed by atoms with van der Waals surface area (Å²) in [6.07, 6.45) is 6.42. The van der Waals surface area contributed by atoms with Crippen LogP contribution in [0, 0.1) is 5.92 Å². The van der Waals surface area contributed by atoms with Crippen LogP contribution < -0.4 is 0 Å². The van der Waals surface area contributed by atoms with Crippen molar-refractivity contribution in [3.8, 4) is 0 Å². The fraction of sp³-hybridized carbons (Fsp3) is 1.00. The Kier molecular flexibility index (Phi) is 2.35. The summed E-state index contributed by atoms with van der Waals surface area (Å²) in [5.41, 5.74) is -0.436. The Morgan fingerprint density at radius 1 is 1.30 bits per heavy atom. The van der Waals surface area contributed by atoms with Gasteiger partial charge in [0.1, 0.15) is 0 Å². The van der Waals surface area contributed by atoms with Gasteiger partial charge in [0.25, 0.3) is 0 Å². The van der Waals surface area contributed by atoms with Crippen molar-refractivity contribution in [3.05, 3.63) is 0 Å². The molecule has 1 aliphatic carbocycles. The first-order valence-electron chi connectivity index (χ1n) is 4.30. The van der Waals surface area contributed by atoms with Gasteiger partial charge in [0.05, 0.1) is 5.60 Å². The Morgan fingerprint density at radius 3 is 2.20 bits per heavy atom. The van der Waals surface area contributed by atoms with Crippen LogP contribution in [0.4, 0.5) is 0 Å². The maximum atomic E-state index is 9.48. The third kappa shape index (κ3) is 2.70. The number of hydrogen-bond donors (Lipinski definition) is 1. The SMILES string of the molecule is CC(C)(O)CC1CCCC1. The van der Waals surface area contributed by atoms with Crippen LogP contribution in [0.2, 0.25) is 0 Å². The molecule has 1 aliphatic rings. The predicted molar refractivity (Wildman–Crippen MR) is 42.9 cm³/mol. The van der Waals surface area contributed by atoms with Crippen molar-refractivity contribution in [2.45, 2.75) is 51.6 Å². The lowest BCUT2D eigenvalue weighted by atomic mass is 9.93. The molecule has 1 fully saturated rings. The van der Waals surface area contributed by atoms with Crippen molar-refractivity contribution in [2.24, 2.45) is 5.92 Å². The van der Waals surface area contributed by atoms with Crippen LogP contribution in [0.25, 0.3) is 0 Å². The van der Waals surface area contributed by atoms with Crippen LogP contribution in [0.5, 0.6) is 0 Å². The molecule has 1 saturated carbocycles. The van der Waals surface area contributed by atoms with Crippen LogP contribution in [-0.2, 0) is 0 Å². The highest BCUT2D eigenvalue weighted by molar-refractivity contribution is 4.75. The van der Waals surface area contributed by atoms with E-state index in [1.807, 2.05) is 13.8 Å². The normalized spacial score (nSPS) is 21.9. The molecule has 0 radical (unpaired) electrons. The van der Waals surface area contributed by atoms with Crippen molar-refractivity contribution >= 4 is 0 Å². The standard InChI is InChI=1S/C9H18O/c1-9(2,10)7-8-5-3-4-6-8/h8,10H,3-7H2,1-2H3. The van der Waals surface area contributed by atoms with Gasteiger partial charge in [0.2, 0.25) is 0 Å². The van der Waals surface area contributed by atoms with Crippen LogP contribution >= 0.6 is 0 Å². The van der Waals surface area contributed by atoms with E-state index in [1.165, 1.54) is 25.7 Å². The molecule has 0 heterocycles. The van der Waals surface area contributed by atoms with Crippen molar-refractivity contribution in [1.82, 2.24) is 0 Å². The van der Waals surface area contributed by atoms with Gasteiger partial charge in [-0.25, -0.2) is 0 Å². The van der Waals surface area contributed by atoms with E-state index in [0.29, 0.717) is 0 Å². The second-order valence-corrected chi connectivity index (χ2v) is 4.17. The summed E-state index contributed by atoms with van der Waals surface area (Å²) in [7, 11) is 0.